The Kier molecular flexibility index (Phi) is 5.39. The summed E-state index contributed by atoms with van der Waals surface area (Å²) in [6.45, 7) is 2.07. The third kappa shape index (κ3) is 3.42. The topological polar surface area (TPSA) is 93.7 Å². The molecule has 2 heterocycles. The second-order valence-electron chi connectivity index (χ2n) is 3.32. The second-order valence-corrected chi connectivity index (χ2v) is 3.32. The number of anilines is 1. The van der Waals surface area contributed by atoms with Crippen LogP contribution in [0.5, 0.6) is 0 Å². The van der Waals surface area contributed by atoms with Gasteiger partial charge in [-0.3, -0.25) is 0 Å². The van der Waals surface area contributed by atoms with Gasteiger partial charge in [0.05, 0.1) is 13.1 Å². The van der Waals surface area contributed by atoms with Gasteiger partial charge in [0.25, 0.3) is 0 Å². The Bertz CT molecular complexity index is 368. The van der Waals surface area contributed by atoms with Crippen molar-refractivity contribution in [1.82, 2.24) is 15.0 Å². The fraction of sp³-hybridized carbons (Fsp3) is 0.500. The van der Waals surface area contributed by atoms with E-state index >= 15 is 0 Å². The summed E-state index contributed by atoms with van der Waals surface area (Å²) >= 11 is 0. The first-order valence-electron chi connectivity index (χ1n) is 4.88. The van der Waals surface area contributed by atoms with Gasteiger partial charge in [0.1, 0.15) is 0 Å². The summed E-state index contributed by atoms with van der Waals surface area (Å²) < 4.78 is 0. The van der Waals surface area contributed by atoms with E-state index in [-0.39, 0.29) is 34.5 Å². The van der Waals surface area contributed by atoms with Gasteiger partial charge in [-0.25, -0.2) is 9.97 Å². The molecule has 1 fully saturated rings. The maximum absolute atomic E-state index is 10.9. The first-order valence-corrected chi connectivity index (χ1v) is 4.88. The quantitative estimate of drug-likeness (QED) is 0.238. The van der Waals surface area contributed by atoms with Crippen molar-refractivity contribution < 1.29 is 34.5 Å². The summed E-state index contributed by atoms with van der Waals surface area (Å²) in [6, 6.07) is 1.75. The van der Waals surface area contributed by atoms with E-state index in [1.54, 1.807) is 18.5 Å². The minimum absolute atomic E-state index is 0. The van der Waals surface area contributed by atoms with Crippen LogP contribution < -0.4 is 34.5 Å². The summed E-state index contributed by atoms with van der Waals surface area (Å²) in [5.74, 6) is 0.638. The zero-order chi connectivity index (χ0) is 11.4. The van der Waals surface area contributed by atoms with Crippen LogP contribution in [0.4, 0.5) is 5.95 Å². The van der Waals surface area contributed by atoms with Crippen molar-refractivity contribution in [2.45, 2.75) is 0 Å². The van der Waals surface area contributed by atoms with Crippen molar-refractivity contribution in [2.75, 3.05) is 31.1 Å². The molecule has 0 amide bonds. The largest absolute Gasteiger partial charge is 1.00 e. The van der Waals surface area contributed by atoms with Gasteiger partial charge in [-0.15, -0.1) is 5.01 Å². The monoisotopic (exact) mass is 246 g/mol. The summed E-state index contributed by atoms with van der Waals surface area (Å²) in [7, 11) is 0. The molecule has 1 aromatic rings. The van der Waals surface area contributed by atoms with Crippen LogP contribution in [-0.2, 0) is 0 Å². The molecule has 1 saturated heterocycles. The summed E-state index contributed by atoms with van der Waals surface area (Å²) in [4.78, 5) is 10.3. The first kappa shape index (κ1) is 13.9. The Balaban J connectivity index is 0.00000144. The van der Waals surface area contributed by atoms with Crippen molar-refractivity contribution in [3.05, 3.63) is 28.9 Å². The molecule has 0 aromatic carbocycles. The molecule has 0 saturated carbocycles. The molecule has 1 aliphatic rings. The van der Waals surface area contributed by atoms with Crippen molar-refractivity contribution in [2.24, 2.45) is 5.28 Å². The van der Waals surface area contributed by atoms with E-state index in [9.17, 15) is 10.4 Å². The molecule has 0 unspecified atom stereocenters. The maximum Gasteiger partial charge on any atom is 1.00 e. The zero-order valence-corrected chi connectivity index (χ0v) is 11.6. The number of hydrogen-bond acceptors (Lipinski definition) is 6. The minimum atomic E-state index is 0. The van der Waals surface area contributed by atoms with Gasteiger partial charge in [-0.1, -0.05) is 0 Å². The fourth-order valence-corrected chi connectivity index (χ4v) is 1.57. The molecule has 0 aliphatic carbocycles. The van der Waals surface area contributed by atoms with Crippen LogP contribution in [0.25, 0.3) is 0 Å². The standard InChI is InChI=1S/C8H12N6O2.Na/c15-11-14(16)13-6-4-12(5-7-13)8-9-2-1-3-10-8;/h1-3,15H,4-7H2;/q;+1/p-1/b14-11-;. The molecule has 0 atom stereocenters. The van der Waals surface area contributed by atoms with Crippen LogP contribution in [0, 0.1) is 10.4 Å². The molecule has 9 heteroatoms. The Labute approximate surface area is 120 Å². The van der Waals surface area contributed by atoms with Gasteiger partial charge in [0, 0.05) is 30.5 Å². The van der Waals surface area contributed by atoms with E-state index in [1.807, 2.05) is 4.90 Å². The van der Waals surface area contributed by atoms with Gasteiger partial charge < -0.3 is 15.3 Å². The Morgan fingerprint density at radius 3 is 2.29 bits per heavy atom. The van der Waals surface area contributed by atoms with E-state index in [2.05, 4.69) is 15.2 Å². The smallest absolute Gasteiger partial charge is 0.737 e. The van der Waals surface area contributed by atoms with E-state index in [1.165, 1.54) is 5.01 Å². The van der Waals surface area contributed by atoms with Crippen molar-refractivity contribution in [3.63, 3.8) is 0 Å². The summed E-state index contributed by atoms with van der Waals surface area (Å²) in [5, 5.41) is 24.6. The number of rotatable bonds is 2. The zero-order valence-electron chi connectivity index (χ0n) is 9.56. The van der Waals surface area contributed by atoms with Crippen LogP contribution in [0.3, 0.4) is 0 Å². The van der Waals surface area contributed by atoms with Crippen LogP contribution >= 0.6 is 0 Å². The molecule has 2 rings (SSSR count). The van der Waals surface area contributed by atoms with E-state index in [0.717, 1.165) is 0 Å². The molecular formula is C8H11N6NaO2. The average molecular weight is 246 g/mol. The number of piperazine rings is 1. The maximum atomic E-state index is 10.9. The number of hydrogen-bond donors (Lipinski definition) is 0. The van der Waals surface area contributed by atoms with Gasteiger partial charge in [-0.2, -0.15) is 0 Å². The molecule has 0 radical (unpaired) electrons. The van der Waals surface area contributed by atoms with Gasteiger partial charge >= 0.3 is 29.6 Å². The number of aromatic nitrogens is 2. The number of nitrogens with zero attached hydrogens (tertiary/aromatic N) is 6. The van der Waals surface area contributed by atoms with Crippen LogP contribution in [0.2, 0.25) is 0 Å². The minimum Gasteiger partial charge on any atom is -0.737 e. The number of hydrazine groups is 1. The van der Waals surface area contributed by atoms with Crippen molar-refractivity contribution in [3.8, 4) is 0 Å². The van der Waals surface area contributed by atoms with Crippen LogP contribution in [-0.4, -0.2) is 46.1 Å². The predicted octanol–water partition coefficient (Wildman–Crippen LogP) is -3.02. The molecule has 86 valence electrons. The van der Waals surface area contributed by atoms with E-state index in [0.29, 0.717) is 32.1 Å². The van der Waals surface area contributed by atoms with E-state index < -0.39 is 0 Å². The normalized spacial score (nSPS) is 16.6. The average Bonchev–Trinajstić information content (AvgIpc) is 2.39. The molecule has 0 N–H and O–H groups in total. The molecular weight excluding hydrogens is 235 g/mol. The SMILES string of the molecule is [Na+].[O-]/N=[N+](\[O-])N1CCN(c2ncccn2)CC1. The summed E-state index contributed by atoms with van der Waals surface area (Å²) in [5.41, 5.74) is 0. The molecule has 0 bridgehead atoms. The second kappa shape index (κ2) is 6.58. The third-order valence-corrected chi connectivity index (χ3v) is 2.40. The van der Waals surface area contributed by atoms with Gasteiger partial charge in [-0.05, 0) is 11.3 Å². The Morgan fingerprint density at radius 2 is 1.76 bits per heavy atom. The molecule has 0 spiro atoms. The van der Waals surface area contributed by atoms with Crippen LogP contribution in [0.15, 0.2) is 23.7 Å². The summed E-state index contributed by atoms with van der Waals surface area (Å²) in [6.07, 6.45) is 3.34. The Morgan fingerprint density at radius 1 is 1.18 bits per heavy atom. The predicted molar refractivity (Wildman–Crippen MR) is 55.2 cm³/mol. The molecule has 1 aliphatic heterocycles. The molecule has 1 aromatic heterocycles. The van der Waals surface area contributed by atoms with Gasteiger partial charge in [0.2, 0.25) is 5.95 Å². The van der Waals surface area contributed by atoms with Crippen LogP contribution in [0.1, 0.15) is 0 Å². The fourth-order valence-electron chi connectivity index (χ4n) is 1.57. The Hall–Kier alpha value is -1.12. The molecule has 17 heavy (non-hydrogen) atoms. The third-order valence-electron chi connectivity index (χ3n) is 2.40. The van der Waals surface area contributed by atoms with Crippen molar-refractivity contribution >= 4 is 5.95 Å². The molecule has 8 nitrogen and oxygen atoms in total. The first-order chi connectivity index (χ1) is 7.81. The van der Waals surface area contributed by atoms with Crippen molar-refractivity contribution in [1.29, 1.82) is 0 Å². The van der Waals surface area contributed by atoms with Gasteiger partial charge in [0.15, 0.2) is 0 Å². The van der Waals surface area contributed by atoms with E-state index in [4.69, 9.17) is 0 Å².